The summed E-state index contributed by atoms with van der Waals surface area (Å²) < 4.78 is 1.92. The number of aliphatic hydroxyl groups is 1. The summed E-state index contributed by atoms with van der Waals surface area (Å²) in [5, 5.41) is 21.7. The number of hydrogen-bond donors (Lipinski definition) is 2. The Hall–Kier alpha value is -2.15. The third kappa shape index (κ3) is 2.84. The van der Waals surface area contributed by atoms with Crippen LogP contribution in [0.2, 0.25) is 0 Å². The molecule has 0 radical (unpaired) electrons. The highest BCUT2D eigenvalue weighted by Gasteiger charge is 2.28. The van der Waals surface area contributed by atoms with E-state index in [2.05, 4.69) is 15.3 Å². The number of aromatic nitrogens is 4. The summed E-state index contributed by atoms with van der Waals surface area (Å²) in [4.78, 5) is 14.6. The molecule has 3 heterocycles. The maximum atomic E-state index is 12.8. The SMILES string of the molecule is CC[C@H](O)c1cc2n(n1)CCCN(C(=O)c1cc(C3CC3)[nH]n1)C2. The van der Waals surface area contributed by atoms with Crippen molar-refractivity contribution in [3.05, 3.63) is 34.9 Å². The van der Waals surface area contributed by atoms with Gasteiger partial charge in [0.15, 0.2) is 0 Å². The molecule has 1 aliphatic carbocycles. The number of aromatic amines is 1. The molecule has 1 fully saturated rings. The average Bonchev–Trinajstić information content (AvgIpc) is 3.25. The lowest BCUT2D eigenvalue weighted by Gasteiger charge is -2.18. The van der Waals surface area contributed by atoms with Crippen LogP contribution in [0.15, 0.2) is 12.1 Å². The molecule has 2 N–H and O–H groups in total. The van der Waals surface area contributed by atoms with Crippen molar-refractivity contribution in [1.82, 2.24) is 24.9 Å². The summed E-state index contributed by atoms with van der Waals surface area (Å²) in [5.74, 6) is 0.521. The Bertz CT molecular complexity index is 746. The van der Waals surface area contributed by atoms with Crippen LogP contribution >= 0.6 is 0 Å². The van der Waals surface area contributed by atoms with Crippen molar-refractivity contribution >= 4 is 5.91 Å². The van der Waals surface area contributed by atoms with E-state index in [9.17, 15) is 9.90 Å². The predicted octanol–water partition coefficient (Wildman–Crippen LogP) is 1.97. The molecule has 7 nitrogen and oxygen atoms in total. The molecule has 0 saturated heterocycles. The highest BCUT2D eigenvalue weighted by atomic mass is 16.3. The van der Waals surface area contributed by atoms with Crippen molar-refractivity contribution in [3.63, 3.8) is 0 Å². The van der Waals surface area contributed by atoms with Gasteiger partial charge < -0.3 is 10.0 Å². The fourth-order valence-corrected chi connectivity index (χ4v) is 3.24. The average molecular weight is 329 g/mol. The second kappa shape index (κ2) is 6.05. The molecule has 7 heteroatoms. The van der Waals surface area contributed by atoms with Gasteiger partial charge in [-0.2, -0.15) is 10.2 Å². The number of amides is 1. The molecule has 2 aliphatic rings. The van der Waals surface area contributed by atoms with Gasteiger partial charge >= 0.3 is 0 Å². The second-order valence-electron chi connectivity index (χ2n) is 6.77. The van der Waals surface area contributed by atoms with Gasteiger partial charge in [0.2, 0.25) is 0 Å². The number of fused-ring (bicyclic) bond motifs is 1. The molecule has 0 bridgehead atoms. The van der Waals surface area contributed by atoms with E-state index in [0.29, 0.717) is 36.8 Å². The van der Waals surface area contributed by atoms with E-state index in [1.165, 1.54) is 12.8 Å². The summed E-state index contributed by atoms with van der Waals surface area (Å²) >= 11 is 0. The number of carbonyl (C=O) groups is 1. The molecule has 0 spiro atoms. The van der Waals surface area contributed by atoms with Gasteiger partial charge in [0, 0.05) is 24.7 Å². The Balaban J connectivity index is 1.53. The monoisotopic (exact) mass is 329 g/mol. The first-order chi connectivity index (χ1) is 11.7. The zero-order valence-corrected chi connectivity index (χ0v) is 13.9. The molecule has 1 atom stereocenters. The zero-order chi connectivity index (χ0) is 16.7. The normalized spacial score (nSPS) is 19.0. The van der Waals surface area contributed by atoms with Gasteiger partial charge in [0.25, 0.3) is 5.91 Å². The highest BCUT2D eigenvalue weighted by Crippen LogP contribution is 2.39. The van der Waals surface area contributed by atoms with E-state index in [0.717, 1.165) is 24.4 Å². The van der Waals surface area contributed by atoms with E-state index in [1.54, 1.807) is 0 Å². The lowest BCUT2D eigenvalue weighted by Crippen LogP contribution is -2.31. The number of rotatable bonds is 4. The standard InChI is InChI=1S/C17H23N5O2/c1-2-16(23)14-8-12-10-21(6-3-7-22(12)20-14)17(24)15-9-13(18-19-15)11-4-5-11/h8-9,11,16,23H,2-7,10H2,1H3,(H,18,19)/t16-/m0/s1. The third-order valence-electron chi connectivity index (χ3n) is 4.88. The van der Waals surface area contributed by atoms with Crippen molar-refractivity contribution in [2.45, 2.75) is 57.7 Å². The van der Waals surface area contributed by atoms with Crippen molar-refractivity contribution in [1.29, 1.82) is 0 Å². The topological polar surface area (TPSA) is 87.0 Å². The minimum absolute atomic E-state index is 0.0367. The van der Waals surface area contributed by atoms with E-state index < -0.39 is 6.10 Å². The van der Waals surface area contributed by atoms with Crippen LogP contribution in [0.1, 0.15) is 72.2 Å². The minimum atomic E-state index is -0.541. The Morgan fingerprint density at radius 3 is 3.00 bits per heavy atom. The van der Waals surface area contributed by atoms with Crippen LogP contribution in [0.3, 0.4) is 0 Å². The van der Waals surface area contributed by atoms with Crippen LogP contribution in [-0.2, 0) is 13.1 Å². The van der Waals surface area contributed by atoms with Crippen molar-refractivity contribution in [2.24, 2.45) is 0 Å². The van der Waals surface area contributed by atoms with Crippen LogP contribution in [0.25, 0.3) is 0 Å². The number of aryl methyl sites for hydroxylation is 1. The van der Waals surface area contributed by atoms with E-state index >= 15 is 0 Å². The molecular weight excluding hydrogens is 306 g/mol. The first kappa shape index (κ1) is 15.4. The third-order valence-corrected chi connectivity index (χ3v) is 4.88. The Kier molecular flexibility index (Phi) is 3.88. The Labute approximate surface area is 140 Å². The van der Waals surface area contributed by atoms with Gasteiger partial charge in [-0.3, -0.25) is 14.6 Å². The molecule has 4 rings (SSSR count). The molecule has 0 unspecified atom stereocenters. The van der Waals surface area contributed by atoms with Gasteiger partial charge in [-0.05, 0) is 37.8 Å². The molecule has 2 aromatic heterocycles. The first-order valence-electron chi connectivity index (χ1n) is 8.75. The molecule has 128 valence electrons. The number of hydrogen-bond acceptors (Lipinski definition) is 4. The summed E-state index contributed by atoms with van der Waals surface area (Å²) in [6, 6.07) is 3.81. The van der Waals surface area contributed by atoms with E-state index in [4.69, 9.17) is 0 Å². The lowest BCUT2D eigenvalue weighted by atomic mass is 10.2. The van der Waals surface area contributed by atoms with Crippen LogP contribution in [0.5, 0.6) is 0 Å². The van der Waals surface area contributed by atoms with E-state index in [1.807, 2.05) is 28.6 Å². The summed E-state index contributed by atoms with van der Waals surface area (Å²) in [6.07, 6.45) is 3.31. The molecule has 2 aromatic rings. The number of H-pyrrole nitrogens is 1. The minimum Gasteiger partial charge on any atom is -0.387 e. The summed E-state index contributed by atoms with van der Waals surface area (Å²) in [6.45, 7) is 3.90. The largest absolute Gasteiger partial charge is 0.387 e. The smallest absolute Gasteiger partial charge is 0.274 e. The number of aliphatic hydroxyl groups excluding tert-OH is 1. The van der Waals surface area contributed by atoms with Crippen molar-refractivity contribution in [3.8, 4) is 0 Å². The van der Waals surface area contributed by atoms with Crippen LogP contribution in [-0.4, -0.2) is 42.4 Å². The molecule has 24 heavy (non-hydrogen) atoms. The van der Waals surface area contributed by atoms with Crippen LogP contribution in [0.4, 0.5) is 0 Å². The molecule has 0 aromatic carbocycles. The van der Waals surface area contributed by atoms with Crippen LogP contribution < -0.4 is 0 Å². The maximum absolute atomic E-state index is 12.8. The molecule has 1 aliphatic heterocycles. The quantitative estimate of drug-likeness (QED) is 0.898. The first-order valence-corrected chi connectivity index (χ1v) is 8.75. The fourth-order valence-electron chi connectivity index (χ4n) is 3.24. The number of nitrogens with zero attached hydrogens (tertiary/aromatic N) is 4. The van der Waals surface area contributed by atoms with Gasteiger partial charge in [-0.25, -0.2) is 0 Å². The summed E-state index contributed by atoms with van der Waals surface area (Å²) in [7, 11) is 0. The van der Waals surface area contributed by atoms with Gasteiger partial charge in [0.05, 0.1) is 24.0 Å². The second-order valence-corrected chi connectivity index (χ2v) is 6.77. The van der Waals surface area contributed by atoms with Crippen molar-refractivity contribution in [2.75, 3.05) is 6.54 Å². The van der Waals surface area contributed by atoms with Crippen molar-refractivity contribution < 1.29 is 9.90 Å². The molecular formula is C17H23N5O2. The number of carbonyl (C=O) groups excluding carboxylic acids is 1. The Morgan fingerprint density at radius 2 is 2.25 bits per heavy atom. The number of nitrogens with one attached hydrogen (secondary N) is 1. The van der Waals surface area contributed by atoms with Gasteiger partial charge in [-0.1, -0.05) is 6.92 Å². The fraction of sp³-hybridized carbons (Fsp3) is 0.588. The highest BCUT2D eigenvalue weighted by molar-refractivity contribution is 5.92. The molecule has 1 saturated carbocycles. The van der Waals surface area contributed by atoms with Gasteiger partial charge in [-0.15, -0.1) is 0 Å². The summed E-state index contributed by atoms with van der Waals surface area (Å²) in [5.41, 5.74) is 3.24. The lowest BCUT2D eigenvalue weighted by molar-refractivity contribution is 0.0739. The maximum Gasteiger partial charge on any atom is 0.274 e. The van der Waals surface area contributed by atoms with Gasteiger partial charge in [0.1, 0.15) is 5.69 Å². The van der Waals surface area contributed by atoms with E-state index in [-0.39, 0.29) is 5.91 Å². The Morgan fingerprint density at radius 1 is 1.42 bits per heavy atom. The molecule has 1 amide bonds. The predicted molar refractivity (Wildman–Crippen MR) is 87.4 cm³/mol. The zero-order valence-electron chi connectivity index (χ0n) is 13.9. The van der Waals surface area contributed by atoms with Crippen LogP contribution in [0, 0.1) is 0 Å².